The summed E-state index contributed by atoms with van der Waals surface area (Å²) in [6.07, 6.45) is 5.43. The van der Waals surface area contributed by atoms with Crippen molar-refractivity contribution in [3.05, 3.63) is 71.1 Å². The van der Waals surface area contributed by atoms with Crippen LogP contribution >= 0.6 is 11.6 Å². The van der Waals surface area contributed by atoms with E-state index < -0.39 is 23.6 Å². The van der Waals surface area contributed by atoms with E-state index in [1.807, 2.05) is 0 Å². The van der Waals surface area contributed by atoms with Gasteiger partial charge in [-0.25, -0.2) is 14.4 Å². The lowest BCUT2D eigenvalue weighted by molar-refractivity contribution is -0.144. The molecule has 3 N–H and O–H groups in total. The Morgan fingerprint density at radius 1 is 1.09 bits per heavy atom. The monoisotopic (exact) mass is 667 g/mol. The molecule has 0 radical (unpaired) electrons. The van der Waals surface area contributed by atoms with Gasteiger partial charge in [-0.2, -0.15) is 4.39 Å². The van der Waals surface area contributed by atoms with Crippen LogP contribution in [0.5, 0.6) is 5.75 Å². The number of carbonyl (C=O) groups is 3. The van der Waals surface area contributed by atoms with Gasteiger partial charge in [0.15, 0.2) is 23.0 Å². The minimum absolute atomic E-state index is 0.00512. The van der Waals surface area contributed by atoms with Gasteiger partial charge in [0.1, 0.15) is 6.04 Å². The number of ether oxygens (including phenoxy) is 1. The molecule has 0 bridgehead atoms. The zero-order chi connectivity index (χ0) is 33.2. The average molecular weight is 668 g/mol. The molecule has 12 nitrogen and oxygen atoms in total. The quantitative estimate of drug-likeness (QED) is 0.252. The molecule has 47 heavy (non-hydrogen) atoms. The van der Waals surface area contributed by atoms with Crippen molar-refractivity contribution in [3.63, 3.8) is 0 Å². The Balaban J connectivity index is 1.12. The average Bonchev–Trinajstić information content (AvgIpc) is 3.51. The molecular formula is C32H32ClF2N7O5. The van der Waals surface area contributed by atoms with E-state index in [1.165, 1.54) is 24.5 Å². The van der Waals surface area contributed by atoms with Crippen molar-refractivity contribution in [2.45, 2.75) is 25.8 Å². The van der Waals surface area contributed by atoms with Crippen molar-refractivity contribution in [1.29, 1.82) is 0 Å². The minimum Gasteiger partial charge on any atom is -0.491 e. The van der Waals surface area contributed by atoms with E-state index in [9.17, 15) is 28.3 Å². The zero-order valence-electron chi connectivity index (χ0n) is 25.4. The largest absolute Gasteiger partial charge is 0.491 e. The van der Waals surface area contributed by atoms with E-state index in [-0.39, 0.29) is 47.2 Å². The van der Waals surface area contributed by atoms with Crippen LogP contribution in [0.25, 0.3) is 16.9 Å². The number of carboxylic acid groups (broad SMARTS) is 1. The normalized spacial score (nSPS) is 17.1. The summed E-state index contributed by atoms with van der Waals surface area (Å²) in [4.78, 5) is 49.8. The number of halogens is 3. The number of aliphatic carboxylic acids is 1. The second-order valence-electron chi connectivity index (χ2n) is 11.3. The number of piperidine rings is 1. The van der Waals surface area contributed by atoms with Crippen molar-refractivity contribution < 1.29 is 33.0 Å². The first-order valence-electron chi connectivity index (χ1n) is 15.2. The fraction of sp³-hybridized carbons (Fsp3) is 0.344. The number of likely N-dealkylation sites (tertiary alicyclic amines) is 1. The Labute approximate surface area is 273 Å². The summed E-state index contributed by atoms with van der Waals surface area (Å²) in [6.45, 7) is 3.60. The smallest absolute Gasteiger partial charge is 0.322 e. The lowest BCUT2D eigenvalue weighted by Crippen LogP contribution is -2.57. The molecule has 2 amide bonds. The van der Waals surface area contributed by atoms with Crippen LogP contribution in [0.3, 0.4) is 0 Å². The van der Waals surface area contributed by atoms with Crippen LogP contribution in [0.15, 0.2) is 48.9 Å². The number of hydrogen-bond donors (Lipinski definition) is 3. The maximum atomic E-state index is 15.0. The molecule has 4 heterocycles. The highest BCUT2D eigenvalue weighted by molar-refractivity contribution is 6.34. The molecule has 2 saturated heterocycles. The van der Waals surface area contributed by atoms with Gasteiger partial charge in [0, 0.05) is 62.3 Å². The Morgan fingerprint density at radius 3 is 2.60 bits per heavy atom. The molecule has 0 saturated carbocycles. The van der Waals surface area contributed by atoms with Crippen molar-refractivity contribution in [1.82, 2.24) is 29.5 Å². The lowest BCUT2D eigenvalue weighted by Gasteiger charge is -2.37. The molecule has 2 aliphatic heterocycles. The third-order valence-corrected chi connectivity index (χ3v) is 8.74. The van der Waals surface area contributed by atoms with Crippen molar-refractivity contribution >= 4 is 46.5 Å². The van der Waals surface area contributed by atoms with Gasteiger partial charge in [-0.3, -0.25) is 18.8 Å². The first-order chi connectivity index (χ1) is 22.7. The molecule has 2 fully saturated rings. The summed E-state index contributed by atoms with van der Waals surface area (Å²) in [5.41, 5.74) is 1.49. The van der Waals surface area contributed by atoms with Crippen LogP contribution in [0.2, 0.25) is 5.02 Å². The van der Waals surface area contributed by atoms with E-state index >= 15 is 0 Å². The highest BCUT2D eigenvalue weighted by Gasteiger charge is 2.34. The van der Waals surface area contributed by atoms with Crippen LogP contribution in [0, 0.1) is 17.6 Å². The van der Waals surface area contributed by atoms with Crippen molar-refractivity contribution in [2.24, 2.45) is 5.92 Å². The number of hydrogen-bond acceptors (Lipinski definition) is 8. The number of carbonyl (C=O) groups excluding carboxylic acids is 2. The highest BCUT2D eigenvalue weighted by Crippen LogP contribution is 2.32. The summed E-state index contributed by atoms with van der Waals surface area (Å²) in [7, 11) is 0. The number of carboxylic acids is 1. The standard InChI is InChI=1S/C32H32ClF2N7O5/c1-2-47-25-6-5-21(26(34)27(25)35)24-16-38-29-28(37-10-14-42(24)29)39-19-3-4-20(22(33)15-19)31(44)40-11-7-18(8-12-40)30(43)41-13-9-36-23(17-41)32(45)46/h3-6,10,14-16,18,23,36H,2,7-9,11-13,17H2,1H3,(H,37,39)(H,45,46)/t23-/m1/s1. The number of nitrogens with one attached hydrogen (secondary N) is 2. The van der Waals surface area contributed by atoms with Gasteiger partial charge in [-0.1, -0.05) is 11.6 Å². The molecule has 0 aliphatic carbocycles. The van der Waals surface area contributed by atoms with E-state index in [2.05, 4.69) is 20.6 Å². The second kappa shape index (κ2) is 13.5. The van der Waals surface area contributed by atoms with Crippen LogP contribution < -0.4 is 15.4 Å². The fourth-order valence-electron chi connectivity index (χ4n) is 5.98. The van der Waals surface area contributed by atoms with Gasteiger partial charge in [-0.15, -0.1) is 0 Å². The van der Waals surface area contributed by atoms with Crippen LogP contribution in [0.1, 0.15) is 30.1 Å². The van der Waals surface area contributed by atoms with E-state index in [0.717, 1.165) is 0 Å². The molecule has 15 heteroatoms. The van der Waals surface area contributed by atoms with E-state index in [4.69, 9.17) is 16.3 Å². The van der Waals surface area contributed by atoms with Crippen molar-refractivity contribution in [3.8, 4) is 17.0 Å². The summed E-state index contributed by atoms with van der Waals surface area (Å²) in [5, 5.41) is 15.5. The number of rotatable bonds is 8. The number of anilines is 2. The Kier molecular flexibility index (Phi) is 9.23. The number of amides is 2. The third-order valence-electron chi connectivity index (χ3n) is 8.43. The number of imidazole rings is 1. The first kappa shape index (κ1) is 32.1. The Morgan fingerprint density at radius 2 is 1.87 bits per heavy atom. The van der Waals surface area contributed by atoms with Gasteiger partial charge in [0.2, 0.25) is 11.7 Å². The number of nitrogens with zero attached hydrogens (tertiary/aromatic N) is 5. The molecule has 2 aromatic carbocycles. The second-order valence-corrected chi connectivity index (χ2v) is 11.7. The van der Waals surface area contributed by atoms with Gasteiger partial charge in [0.05, 0.1) is 29.1 Å². The highest BCUT2D eigenvalue weighted by atomic mass is 35.5. The Bertz CT molecular complexity index is 1850. The predicted octanol–water partition coefficient (Wildman–Crippen LogP) is 4.21. The maximum Gasteiger partial charge on any atom is 0.322 e. The molecule has 2 aliphatic rings. The van der Waals surface area contributed by atoms with Gasteiger partial charge in [0.25, 0.3) is 5.91 Å². The summed E-state index contributed by atoms with van der Waals surface area (Å²) in [6, 6.07) is 6.88. The summed E-state index contributed by atoms with van der Waals surface area (Å²) in [5.74, 6) is -3.59. The number of benzene rings is 2. The molecule has 6 rings (SSSR count). The SMILES string of the molecule is CCOc1ccc(-c2cnc3c(Nc4ccc(C(=O)N5CCC(C(=O)N6CCN[C@@H](C(=O)O)C6)CC5)c(Cl)c4)nccn23)c(F)c1F. The molecule has 1 atom stereocenters. The van der Waals surface area contributed by atoms with Crippen LogP contribution in [-0.4, -0.2) is 92.4 Å². The fourth-order valence-corrected chi connectivity index (χ4v) is 6.24. The maximum absolute atomic E-state index is 15.0. The first-order valence-corrected chi connectivity index (χ1v) is 15.6. The molecular weight excluding hydrogens is 636 g/mol. The summed E-state index contributed by atoms with van der Waals surface area (Å²) < 4.78 is 36.3. The molecule has 4 aromatic rings. The number of fused-ring (bicyclic) bond motifs is 1. The van der Waals surface area contributed by atoms with Gasteiger partial charge >= 0.3 is 5.97 Å². The topological polar surface area (TPSA) is 141 Å². The predicted molar refractivity (Wildman–Crippen MR) is 169 cm³/mol. The number of aromatic nitrogens is 3. The van der Waals surface area contributed by atoms with Gasteiger partial charge in [-0.05, 0) is 50.1 Å². The molecule has 246 valence electrons. The summed E-state index contributed by atoms with van der Waals surface area (Å²) >= 11 is 6.57. The lowest BCUT2D eigenvalue weighted by atomic mass is 9.94. The minimum atomic E-state index is -1.08. The van der Waals surface area contributed by atoms with Crippen LogP contribution in [-0.2, 0) is 9.59 Å². The zero-order valence-corrected chi connectivity index (χ0v) is 26.1. The number of piperazine rings is 1. The molecule has 0 spiro atoms. The Hall–Kier alpha value is -4.82. The molecule has 0 unspecified atom stereocenters. The molecule has 2 aromatic heterocycles. The van der Waals surface area contributed by atoms with E-state index in [0.29, 0.717) is 67.4 Å². The van der Waals surface area contributed by atoms with E-state index in [1.54, 1.807) is 45.5 Å². The van der Waals surface area contributed by atoms with Crippen molar-refractivity contribution in [2.75, 3.05) is 44.6 Å². The third kappa shape index (κ3) is 6.43. The van der Waals surface area contributed by atoms with Crippen LogP contribution in [0.4, 0.5) is 20.3 Å². The van der Waals surface area contributed by atoms with Gasteiger partial charge < -0.3 is 30.3 Å².